The largest absolute Gasteiger partial charge is 0.506 e. The van der Waals surface area contributed by atoms with Gasteiger partial charge in [-0.2, -0.15) is 0 Å². The van der Waals surface area contributed by atoms with Crippen molar-refractivity contribution in [1.29, 1.82) is 0 Å². The number of benzene rings is 4. The second-order valence-corrected chi connectivity index (χ2v) is 10.1. The fourth-order valence-corrected chi connectivity index (χ4v) is 5.40. The van der Waals surface area contributed by atoms with Crippen molar-refractivity contribution in [3.63, 3.8) is 0 Å². The molecule has 0 aliphatic rings. The number of thioether (sulfide) groups is 1. The van der Waals surface area contributed by atoms with Crippen LogP contribution in [0.5, 0.6) is 5.75 Å². The van der Waals surface area contributed by atoms with Crippen LogP contribution in [0.25, 0.3) is 21.9 Å². The zero-order valence-electron chi connectivity index (χ0n) is 18.4. The van der Waals surface area contributed by atoms with Crippen LogP contribution in [0, 0.1) is 0 Å². The highest BCUT2D eigenvalue weighted by atomic mass is 32.2. The standard InChI is InChI=1S/C26H23NO5S2/c1-2-32-25(28)17-33-24-16-23(21-10-6-7-11-22(21)26(24)29)27-34(30,31)20-14-12-19(13-15-20)18-8-4-3-5-9-18/h3-16,27,29H,2,17H2,1H3. The molecule has 6 nitrogen and oxygen atoms in total. The minimum atomic E-state index is -3.91. The first-order valence-corrected chi connectivity index (χ1v) is 13.1. The maximum Gasteiger partial charge on any atom is 0.316 e. The molecule has 0 aliphatic heterocycles. The number of hydrogen-bond donors (Lipinski definition) is 2. The summed E-state index contributed by atoms with van der Waals surface area (Å²) in [5.41, 5.74) is 2.21. The molecule has 4 aromatic carbocycles. The van der Waals surface area contributed by atoms with Gasteiger partial charge in [-0.1, -0.05) is 66.7 Å². The van der Waals surface area contributed by atoms with Crippen molar-refractivity contribution in [2.45, 2.75) is 16.7 Å². The Labute approximate surface area is 202 Å². The van der Waals surface area contributed by atoms with E-state index in [1.807, 2.05) is 30.3 Å². The number of nitrogens with one attached hydrogen (secondary N) is 1. The number of anilines is 1. The Morgan fingerprint density at radius 3 is 2.21 bits per heavy atom. The van der Waals surface area contributed by atoms with Crippen molar-refractivity contribution >= 4 is 44.2 Å². The molecule has 0 radical (unpaired) electrons. The predicted octanol–water partition coefficient (Wildman–Crippen LogP) is 5.67. The van der Waals surface area contributed by atoms with Crippen molar-refractivity contribution in [3.05, 3.63) is 84.9 Å². The summed E-state index contributed by atoms with van der Waals surface area (Å²) in [6, 6.07) is 24.8. The van der Waals surface area contributed by atoms with Gasteiger partial charge in [0.2, 0.25) is 0 Å². The van der Waals surface area contributed by atoms with Crippen LogP contribution < -0.4 is 4.72 Å². The molecule has 0 saturated carbocycles. The summed E-state index contributed by atoms with van der Waals surface area (Å²) in [6.07, 6.45) is 0. The third-order valence-corrected chi connectivity index (χ3v) is 7.53. The van der Waals surface area contributed by atoms with Gasteiger partial charge in [-0.15, -0.1) is 11.8 Å². The first-order valence-electron chi connectivity index (χ1n) is 10.6. The first-order chi connectivity index (χ1) is 16.4. The second-order valence-electron chi connectivity index (χ2n) is 7.41. The van der Waals surface area contributed by atoms with Gasteiger partial charge in [-0.05, 0) is 36.2 Å². The zero-order chi connectivity index (χ0) is 24.1. The van der Waals surface area contributed by atoms with Crippen molar-refractivity contribution in [1.82, 2.24) is 0 Å². The van der Waals surface area contributed by atoms with Gasteiger partial charge in [-0.3, -0.25) is 9.52 Å². The molecule has 0 amide bonds. The Hall–Kier alpha value is -3.49. The summed E-state index contributed by atoms with van der Waals surface area (Å²) in [6.45, 7) is 1.98. The summed E-state index contributed by atoms with van der Waals surface area (Å²) < 4.78 is 34.0. The number of sulfonamides is 1. The zero-order valence-corrected chi connectivity index (χ0v) is 20.0. The van der Waals surface area contributed by atoms with E-state index in [1.165, 1.54) is 6.07 Å². The number of fused-ring (bicyclic) bond motifs is 1. The Morgan fingerprint density at radius 2 is 1.53 bits per heavy atom. The topological polar surface area (TPSA) is 92.7 Å². The third kappa shape index (κ3) is 5.18. The summed E-state index contributed by atoms with van der Waals surface area (Å²) in [4.78, 5) is 12.3. The van der Waals surface area contributed by atoms with Crippen LogP contribution in [0.4, 0.5) is 5.69 Å². The highest BCUT2D eigenvalue weighted by molar-refractivity contribution is 8.00. The number of carbonyl (C=O) groups excluding carboxylic acids is 1. The molecule has 0 fully saturated rings. The molecular formula is C26H23NO5S2. The van der Waals surface area contributed by atoms with E-state index in [0.717, 1.165) is 22.9 Å². The molecule has 4 rings (SSSR count). The van der Waals surface area contributed by atoms with E-state index in [0.29, 0.717) is 21.4 Å². The Balaban J connectivity index is 1.66. The van der Waals surface area contributed by atoms with Gasteiger partial charge in [0, 0.05) is 10.8 Å². The molecule has 2 N–H and O–H groups in total. The van der Waals surface area contributed by atoms with Crippen molar-refractivity contribution in [2.24, 2.45) is 0 Å². The maximum absolute atomic E-state index is 13.2. The Bertz CT molecular complexity index is 1420. The van der Waals surface area contributed by atoms with Gasteiger partial charge >= 0.3 is 5.97 Å². The lowest BCUT2D eigenvalue weighted by atomic mass is 10.1. The average molecular weight is 494 g/mol. The van der Waals surface area contributed by atoms with Crippen LogP contribution in [0.2, 0.25) is 0 Å². The molecule has 8 heteroatoms. The number of rotatable bonds is 8. The number of ether oxygens (including phenoxy) is 1. The lowest BCUT2D eigenvalue weighted by Gasteiger charge is -2.15. The monoisotopic (exact) mass is 493 g/mol. The van der Waals surface area contributed by atoms with Crippen molar-refractivity contribution in [3.8, 4) is 16.9 Å². The average Bonchev–Trinajstić information content (AvgIpc) is 2.86. The van der Waals surface area contributed by atoms with Crippen LogP contribution in [-0.2, 0) is 19.6 Å². The molecule has 0 aromatic heterocycles. The molecule has 174 valence electrons. The van der Waals surface area contributed by atoms with Gasteiger partial charge < -0.3 is 9.84 Å². The lowest BCUT2D eigenvalue weighted by Crippen LogP contribution is -2.13. The van der Waals surface area contributed by atoms with E-state index in [4.69, 9.17) is 4.74 Å². The van der Waals surface area contributed by atoms with Gasteiger partial charge in [-0.25, -0.2) is 8.42 Å². The van der Waals surface area contributed by atoms with Gasteiger partial charge in [0.1, 0.15) is 5.75 Å². The molecule has 0 aliphatic carbocycles. The van der Waals surface area contributed by atoms with E-state index in [2.05, 4.69) is 4.72 Å². The van der Waals surface area contributed by atoms with Gasteiger partial charge in [0.15, 0.2) is 0 Å². The SMILES string of the molecule is CCOC(=O)CSc1cc(NS(=O)(=O)c2ccc(-c3ccccc3)cc2)c2ccccc2c1O. The fourth-order valence-electron chi connectivity index (χ4n) is 3.53. The van der Waals surface area contributed by atoms with E-state index >= 15 is 0 Å². The highest BCUT2D eigenvalue weighted by Crippen LogP contribution is 2.40. The van der Waals surface area contributed by atoms with Crippen LogP contribution in [0.1, 0.15) is 6.92 Å². The predicted molar refractivity (Wildman–Crippen MR) is 136 cm³/mol. The van der Waals surface area contributed by atoms with Crippen LogP contribution in [0.3, 0.4) is 0 Å². The maximum atomic E-state index is 13.2. The number of esters is 1. The Kier molecular flexibility index (Phi) is 7.09. The lowest BCUT2D eigenvalue weighted by molar-refractivity contribution is -0.139. The van der Waals surface area contributed by atoms with Crippen molar-refractivity contribution < 1.29 is 23.1 Å². The molecule has 0 saturated heterocycles. The molecule has 0 bridgehead atoms. The molecule has 0 atom stereocenters. The fraction of sp³-hybridized carbons (Fsp3) is 0.115. The molecule has 4 aromatic rings. The summed E-state index contributed by atoms with van der Waals surface area (Å²) in [5, 5.41) is 11.7. The first kappa shape index (κ1) is 23.7. The van der Waals surface area contributed by atoms with E-state index < -0.39 is 16.0 Å². The highest BCUT2D eigenvalue weighted by Gasteiger charge is 2.19. The van der Waals surface area contributed by atoms with E-state index in [-0.39, 0.29) is 23.0 Å². The summed E-state index contributed by atoms with van der Waals surface area (Å²) in [5.74, 6) is -0.437. The van der Waals surface area contributed by atoms with Gasteiger partial charge in [0.05, 0.1) is 27.8 Å². The molecule has 0 spiro atoms. The van der Waals surface area contributed by atoms with Crippen LogP contribution in [-0.4, -0.2) is 31.9 Å². The summed E-state index contributed by atoms with van der Waals surface area (Å²) >= 11 is 1.09. The van der Waals surface area contributed by atoms with Crippen molar-refractivity contribution in [2.75, 3.05) is 17.1 Å². The molecular weight excluding hydrogens is 470 g/mol. The number of phenolic OH excluding ortho intramolecular Hbond substituents is 1. The van der Waals surface area contributed by atoms with E-state index in [1.54, 1.807) is 55.5 Å². The molecule has 34 heavy (non-hydrogen) atoms. The minimum Gasteiger partial charge on any atom is -0.506 e. The normalized spacial score (nSPS) is 11.3. The van der Waals surface area contributed by atoms with Crippen LogP contribution in [0.15, 0.2) is 94.7 Å². The van der Waals surface area contributed by atoms with Crippen LogP contribution >= 0.6 is 11.8 Å². The minimum absolute atomic E-state index is 0.00707. The van der Waals surface area contributed by atoms with Gasteiger partial charge in [0.25, 0.3) is 10.0 Å². The quantitative estimate of drug-likeness (QED) is 0.187. The third-order valence-electron chi connectivity index (χ3n) is 5.15. The Morgan fingerprint density at radius 1 is 0.912 bits per heavy atom. The van der Waals surface area contributed by atoms with E-state index in [9.17, 15) is 18.3 Å². The molecule has 0 heterocycles. The smallest absolute Gasteiger partial charge is 0.316 e. The number of hydrogen-bond acceptors (Lipinski definition) is 6. The number of aromatic hydroxyl groups is 1. The second kappa shape index (κ2) is 10.2. The number of carbonyl (C=O) groups is 1. The number of phenols is 1. The molecule has 0 unspecified atom stereocenters. The summed E-state index contributed by atoms with van der Waals surface area (Å²) in [7, 11) is -3.91.